The highest BCUT2D eigenvalue weighted by atomic mass is 16.5. The minimum absolute atomic E-state index is 0.279. The van der Waals surface area contributed by atoms with Crippen LogP contribution in [0.5, 0.6) is 0 Å². The number of carbonyl (C=O) groups excluding carboxylic acids is 1. The van der Waals surface area contributed by atoms with Gasteiger partial charge < -0.3 is 15.4 Å². The molecule has 98 valence electrons. The van der Waals surface area contributed by atoms with Gasteiger partial charge in [0.15, 0.2) is 0 Å². The lowest BCUT2D eigenvalue weighted by Gasteiger charge is -2.24. The molecule has 18 heavy (non-hydrogen) atoms. The molecule has 0 radical (unpaired) electrons. The van der Waals surface area contributed by atoms with Crippen molar-refractivity contribution in [1.82, 2.24) is 0 Å². The zero-order valence-corrected chi connectivity index (χ0v) is 11.0. The molecule has 4 heteroatoms. The Kier molecular flexibility index (Phi) is 3.75. The van der Waals surface area contributed by atoms with E-state index in [0.717, 1.165) is 5.69 Å². The maximum atomic E-state index is 11.8. The average Bonchev–Trinajstić information content (AvgIpc) is 2.26. The van der Waals surface area contributed by atoms with Crippen molar-refractivity contribution in [1.29, 1.82) is 0 Å². The Bertz CT molecular complexity index is 439. The van der Waals surface area contributed by atoms with Gasteiger partial charge in [0.1, 0.15) is 0 Å². The zero-order chi connectivity index (χ0) is 13.1. The molecule has 0 amide bonds. The molecular formula is C14H20N2O2. The van der Waals surface area contributed by atoms with E-state index in [2.05, 4.69) is 0 Å². The molecule has 1 aliphatic carbocycles. The Hall–Kier alpha value is -1.71. The third kappa shape index (κ3) is 2.75. The van der Waals surface area contributed by atoms with E-state index < -0.39 is 0 Å². The fourth-order valence-electron chi connectivity index (χ4n) is 2.03. The molecule has 1 fully saturated rings. The van der Waals surface area contributed by atoms with Gasteiger partial charge in [-0.25, -0.2) is 4.79 Å². The summed E-state index contributed by atoms with van der Waals surface area (Å²) in [6, 6.07) is 5.28. The van der Waals surface area contributed by atoms with Crippen LogP contribution in [0, 0.1) is 5.92 Å². The van der Waals surface area contributed by atoms with Crippen LogP contribution in [0.3, 0.4) is 0 Å². The quantitative estimate of drug-likeness (QED) is 0.656. The Morgan fingerprint density at radius 2 is 2.17 bits per heavy atom. The van der Waals surface area contributed by atoms with E-state index >= 15 is 0 Å². The number of rotatable bonds is 4. The number of hydrogen-bond donors (Lipinski definition) is 1. The SMILES string of the molecule is CN(C)c1ccc(C(=O)OCC2CCC2)cc1N. The van der Waals surface area contributed by atoms with Gasteiger partial charge in [0.05, 0.1) is 23.5 Å². The second-order valence-corrected chi connectivity index (χ2v) is 5.06. The van der Waals surface area contributed by atoms with Crippen LogP contribution in [0.15, 0.2) is 18.2 Å². The van der Waals surface area contributed by atoms with Gasteiger partial charge in [0, 0.05) is 14.1 Å². The van der Waals surface area contributed by atoms with Gasteiger partial charge in [-0.3, -0.25) is 0 Å². The topological polar surface area (TPSA) is 55.6 Å². The minimum Gasteiger partial charge on any atom is -0.462 e. The molecule has 0 unspecified atom stereocenters. The Labute approximate surface area is 108 Å². The molecule has 0 aliphatic heterocycles. The number of nitrogens with two attached hydrogens (primary N) is 1. The number of esters is 1. The van der Waals surface area contributed by atoms with Crippen LogP contribution in [-0.2, 0) is 4.74 Å². The molecule has 0 aromatic heterocycles. The molecule has 1 aromatic rings. The highest BCUT2D eigenvalue weighted by molar-refractivity contribution is 5.92. The summed E-state index contributed by atoms with van der Waals surface area (Å²) in [5.41, 5.74) is 7.93. The summed E-state index contributed by atoms with van der Waals surface area (Å²) in [6.45, 7) is 0.536. The third-order valence-electron chi connectivity index (χ3n) is 3.42. The smallest absolute Gasteiger partial charge is 0.338 e. The van der Waals surface area contributed by atoms with Gasteiger partial charge in [-0.2, -0.15) is 0 Å². The lowest BCUT2D eigenvalue weighted by Crippen LogP contribution is -2.20. The predicted molar refractivity (Wildman–Crippen MR) is 72.8 cm³/mol. The van der Waals surface area contributed by atoms with Crippen LogP contribution in [0.2, 0.25) is 0 Å². The van der Waals surface area contributed by atoms with Crippen molar-refractivity contribution < 1.29 is 9.53 Å². The lowest BCUT2D eigenvalue weighted by molar-refractivity contribution is 0.0371. The highest BCUT2D eigenvalue weighted by Gasteiger charge is 2.20. The summed E-state index contributed by atoms with van der Waals surface area (Å²) >= 11 is 0. The van der Waals surface area contributed by atoms with Crippen molar-refractivity contribution in [2.45, 2.75) is 19.3 Å². The van der Waals surface area contributed by atoms with E-state index in [4.69, 9.17) is 10.5 Å². The van der Waals surface area contributed by atoms with Gasteiger partial charge in [-0.05, 0) is 37.0 Å². The van der Waals surface area contributed by atoms with E-state index in [9.17, 15) is 4.79 Å². The monoisotopic (exact) mass is 248 g/mol. The Balaban J connectivity index is 1.99. The number of carbonyl (C=O) groups is 1. The molecule has 4 nitrogen and oxygen atoms in total. The molecule has 2 N–H and O–H groups in total. The molecule has 0 spiro atoms. The maximum Gasteiger partial charge on any atom is 0.338 e. The fraction of sp³-hybridized carbons (Fsp3) is 0.500. The summed E-state index contributed by atoms with van der Waals surface area (Å²) in [6.07, 6.45) is 3.61. The van der Waals surface area contributed by atoms with E-state index in [1.165, 1.54) is 19.3 Å². The summed E-state index contributed by atoms with van der Waals surface area (Å²) in [5.74, 6) is 0.284. The summed E-state index contributed by atoms with van der Waals surface area (Å²) in [4.78, 5) is 13.7. The Morgan fingerprint density at radius 3 is 2.67 bits per heavy atom. The molecule has 0 bridgehead atoms. The van der Waals surface area contributed by atoms with E-state index in [1.54, 1.807) is 12.1 Å². The second kappa shape index (κ2) is 5.29. The van der Waals surface area contributed by atoms with Crippen LogP contribution >= 0.6 is 0 Å². The number of benzene rings is 1. The molecular weight excluding hydrogens is 228 g/mol. The van der Waals surface area contributed by atoms with Crippen molar-refractivity contribution in [3.63, 3.8) is 0 Å². The standard InChI is InChI=1S/C14H20N2O2/c1-16(2)13-7-6-11(8-12(13)15)14(17)18-9-10-4-3-5-10/h6-8,10H,3-5,9,15H2,1-2H3. The minimum atomic E-state index is -0.279. The lowest BCUT2D eigenvalue weighted by atomic mass is 9.86. The largest absolute Gasteiger partial charge is 0.462 e. The first kappa shape index (κ1) is 12.7. The molecule has 1 saturated carbocycles. The number of ether oxygens (including phenoxy) is 1. The molecule has 0 saturated heterocycles. The van der Waals surface area contributed by atoms with E-state index in [1.807, 2.05) is 25.1 Å². The third-order valence-corrected chi connectivity index (χ3v) is 3.42. The van der Waals surface area contributed by atoms with Crippen molar-refractivity contribution in [3.8, 4) is 0 Å². The molecule has 2 rings (SSSR count). The summed E-state index contributed by atoms with van der Waals surface area (Å²) in [5, 5.41) is 0. The van der Waals surface area contributed by atoms with Crippen molar-refractivity contribution in [2.75, 3.05) is 31.3 Å². The van der Waals surface area contributed by atoms with Crippen molar-refractivity contribution >= 4 is 17.3 Å². The zero-order valence-electron chi connectivity index (χ0n) is 11.0. The van der Waals surface area contributed by atoms with E-state index in [0.29, 0.717) is 23.8 Å². The van der Waals surface area contributed by atoms with Gasteiger partial charge in [-0.1, -0.05) is 6.42 Å². The fourth-order valence-corrected chi connectivity index (χ4v) is 2.03. The van der Waals surface area contributed by atoms with Crippen molar-refractivity contribution in [3.05, 3.63) is 23.8 Å². The maximum absolute atomic E-state index is 11.8. The second-order valence-electron chi connectivity index (χ2n) is 5.06. The van der Waals surface area contributed by atoms with Crippen LogP contribution in [0.25, 0.3) is 0 Å². The average molecular weight is 248 g/mol. The molecule has 1 aromatic carbocycles. The summed E-state index contributed by atoms with van der Waals surface area (Å²) < 4.78 is 5.28. The summed E-state index contributed by atoms with van der Waals surface area (Å²) in [7, 11) is 3.83. The van der Waals surface area contributed by atoms with Gasteiger partial charge in [0.25, 0.3) is 0 Å². The first-order valence-electron chi connectivity index (χ1n) is 6.32. The molecule has 1 aliphatic rings. The molecule has 0 heterocycles. The highest BCUT2D eigenvalue weighted by Crippen LogP contribution is 2.27. The van der Waals surface area contributed by atoms with Gasteiger partial charge >= 0.3 is 5.97 Å². The number of anilines is 2. The molecule has 0 atom stereocenters. The van der Waals surface area contributed by atoms with Gasteiger partial charge in [-0.15, -0.1) is 0 Å². The first-order chi connectivity index (χ1) is 8.58. The normalized spacial score (nSPS) is 15.0. The van der Waals surface area contributed by atoms with E-state index in [-0.39, 0.29) is 5.97 Å². The number of nitrogen functional groups attached to an aromatic ring is 1. The van der Waals surface area contributed by atoms with Crippen molar-refractivity contribution in [2.24, 2.45) is 5.92 Å². The number of nitrogens with zero attached hydrogens (tertiary/aromatic N) is 1. The predicted octanol–water partition coefficient (Wildman–Crippen LogP) is 2.29. The number of hydrogen-bond acceptors (Lipinski definition) is 4. The van der Waals surface area contributed by atoms with Gasteiger partial charge in [0.2, 0.25) is 0 Å². The van der Waals surface area contributed by atoms with Crippen LogP contribution in [-0.4, -0.2) is 26.7 Å². The van der Waals surface area contributed by atoms with Crippen LogP contribution < -0.4 is 10.6 Å². The first-order valence-corrected chi connectivity index (χ1v) is 6.32. The van der Waals surface area contributed by atoms with Crippen LogP contribution in [0.1, 0.15) is 29.6 Å². The van der Waals surface area contributed by atoms with Crippen LogP contribution in [0.4, 0.5) is 11.4 Å². The Morgan fingerprint density at radius 1 is 1.44 bits per heavy atom.